The van der Waals surface area contributed by atoms with Crippen molar-refractivity contribution < 1.29 is 45.4 Å². The van der Waals surface area contributed by atoms with Gasteiger partial charge < -0.3 is 9.11 Å². The molecule has 0 atom stereocenters. The van der Waals surface area contributed by atoms with Gasteiger partial charge in [-0.3, -0.25) is 0 Å². The van der Waals surface area contributed by atoms with Gasteiger partial charge in [-0.2, -0.15) is 0 Å². The van der Waals surface area contributed by atoms with E-state index in [9.17, 15) is 25.9 Å². The molecule has 0 aliphatic heterocycles. The van der Waals surface area contributed by atoms with E-state index in [0.29, 0.717) is 0 Å². The first-order chi connectivity index (χ1) is 6.12. The third kappa shape index (κ3) is 31.3. The first kappa shape index (κ1) is 21.3. The summed E-state index contributed by atoms with van der Waals surface area (Å²) in [4.78, 5) is 0. The van der Waals surface area contributed by atoms with Crippen molar-refractivity contribution in [2.45, 2.75) is 0 Å². The van der Waals surface area contributed by atoms with E-state index in [1.807, 2.05) is 0 Å². The molecule has 0 saturated heterocycles. The van der Waals surface area contributed by atoms with Crippen molar-refractivity contribution in [2.75, 3.05) is 23.3 Å². The maximum absolute atomic E-state index is 9.59. The van der Waals surface area contributed by atoms with Crippen LogP contribution < -0.4 is 0 Å². The van der Waals surface area contributed by atoms with Crippen LogP contribution in [0.2, 0.25) is 0 Å². The predicted octanol–water partition coefficient (Wildman–Crippen LogP) is -0.462. The van der Waals surface area contributed by atoms with Crippen LogP contribution in [-0.2, 0) is 39.7 Å². The fourth-order valence-corrected chi connectivity index (χ4v) is 1.70. The second kappa shape index (κ2) is 10.2. The van der Waals surface area contributed by atoms with E-state index in [-0.39, 0.29) is 31.2 Å². The van der Waals surface area contributed by atoms with Crippen LogP contribution in [0.15, 0.2) is 0 Å². The molecule has 0 saturated carbocycles. The second-order valence-corrected chi connectivity index (χ2v) is 5.70. The van der Waals surface area contributed by atoms with E-state index >= 15 is 0 Å². The number of halogens is 2. The van der Waals surface area contributed by atoms with Crippen molar-refractivity contribution in [3.8, 4) is 0 Å². The van der Waals surface area contributed by atoms with Gasteiger partial charge in [-0.25, -0.2) is 16.8 Å². The molecule has 0 N–H and O–H groups in total. The Hall–Kier alpha value is 1.02. The fraction of sp³-hybridized carbons (Fsp3) is 1.00. The van der Waals surface area contributed by atoms with Crippen molar-refractivity contribution in [3.05, 3.63) is 0 Å². The van der Waals surface area contributed by atoms with Crippen LogP contribution in [0.4, 0.5) is 0 Å². The molecule has 11 heteroatoms. The molecule has 0 aromatic carbocycles. The van der Waals surface area contributed by atoms with Gasteiger partial charge in [0, 0.05) is 11.8 Å². The van der Waals surface area contributed by atoms with E-state index < -0.39 is 31.7 Å². The molecule has 0 unspecified atom stereocenters. The first-order valence-corrected chi connectivity index (χ1v) is 7.34. The summed E-state index contributed by atoms with van der Waals surface area (Å²) in [5.74, 6) is -1.19. The van der Waals surface area contributed by atoms with Gasteiger partial charge >= 0.3 is 19.5 Å². The van der Waals surface area contributed by atoms with Crippen LogP contribution in [0.1, 0.15) is 0 Å². The van der Waals surface area contributed by atoms with Gasteiger partial charge in [0.15, 0.2) is 0 Å². The van der Waals surface area contributed by atoms with Gasteiger partial charge in [0.2, 0.25) is 0 Å². The van der Waals surface area contributed by atoms with Gasteiger partial charge in [0.05, 0.1) is 31.7 Å². The van der Waals surface area contributed by atoms with E-state index in [2.05, 4.69) is 0 Å². The van der Waals surface area contributed by atoms with Crippen LogP contribution >= 0.6 is 23.2 Å². The van der Waals surface area contributed by atoms with Crippen LogP contribution in [0.3, 0.4) is 0 Å². The minimum atomic E-state index is -4.06. The van der Waals surface area contributed by atoms with Crippen molar-refractivity contribution in [3.63, 3.8) is 0 Å². The van der Waals surface area contributed by atoms with Gasteiger partial charge in [0.1, 0.15) is 0 Å². The average Bonchev–Trinajstić information content (AvgIpc) is 1.81. The normalized spacial score (nSPS) is 10.9. The molecule has 0 rings (SSSR count). The summed E-state index contributed by atoms with van der Waals surface area (Å²) >= 11 is 9.81. The van der Waals surface area contributed by atoms with Crippen molar-refractivity contribution in [2.24, 2.45) is 0 Å². The molecular weight excluding hydrogens is 344 g/mol. The first-order valence-electron chi connectivity index (χ1n) is 3.11. The number of alkyl halides is 2. The Labute approximate surface area is 112 Å². The van der Waals surface area contributed by atoms with E-state index in [1.165, 1.54) is 0 Å². The van der Waals surface area contributed by atoms with Crippen LogP contribution in [0.25, 0.3) is 0 Å². The largest absolute Gasteiger partial charge is 2.00 e. The topological polar surface area (TPSA) is 114 Å². The molecule has 88 valence electrons. The van der Waals surface area contributed by atoms with E-state index in [4.69, 9.17) is 23.2 Å². The summed E-state index contributed by atoms with van der Waals surface area (Å²) < 4.78 is 57.5. The smallest absolute Gasteiger partial charge is 0.748 e. The molecular formula is C4H8Cl2O6S2Zn. The molecule has 0 radical (unpaired) electrons. The summed E-state index contributed by atoms with van der Waals surface area (Å²) in [5.41, 5.74) is 0. The number of rotatable bonds is 4. The fourth-order valence-electron chi connectivity index (χ4n) is 0.189. The van der Waals surface area contributed by atoms with Gasteiger partial charge in [-0.1, -0.05) is 0 Å². The Balaban J connectivity index is -0.000000180. The Bertz CT molecular complexity index is 291. The molecule has 15 heavy (non-hydrogen) atoms. The van der Waals surface area contributed by atoms with Gasteiger partial charge in [0.25, 0.3) is 0 Å². The monoisotopic (exact) mass is 350 g/mol. The van der Waals surface area contributed by atoms with Gasteiger partial charge in [-0.15, -0.1) is 23.2 Å². The minimum Gasteiger partial charge on any atom is -0.748 e. The molecule has 0 aliphatic carbocycles. The Kier molecular flexibility index (Phi) is 14.5. The molecule has 0 spiro atoms. The van der Waals surface area contributed by atoms with Crippen LogP contribution in [0.5, 0.6) is 0 Å². The van der Waals surface area contributed by atoms with E-state index in [1.54, 1.807) is 0 Å². The molecule has 0 amide bonds. The van der Waals surface area contributed by atoms with Gasteiger partial charge in [-0.05, 0) is 0 Å². The summed E-state index contributed by atoms with van der Waals surface area (Å²) in [6, 6.07) is 0. The van der Waals surface area contributed by atoms with Crippen LogP contribution in [-0.4, -0.2) is 49.2 Å². The third-order valence-corrected chi connectivity index (χ3v) is 2.89. The Morgan fingerprint density at radius 2 is 1.00 bits per heavy atom. The maximum Gasteiger partial charge on any atom is 2.00 e. The Morgan fingerprint density at radius 1 is 0.800 bits per heavy atom. The Morgan fingerprint density at radius 3 is 1.00 bits per heavy atom. The summed E-state index contributed by atoms with van der Waals surface area (Å²) in [6.45, 7) is 0. The minimum absolute atomic E-state index is 0. The summed E-state index contributed by atoms with van der Waals surface area (Å²) in [5, 5.41) is 0. The molecule has 0 aromatic rings. The third-order valence-electron chi connectivity index (χ3n) is 0.654. The van der Waals surface area contributed by atoms with Crippen LogP contribution in [0, 0.1) is 0 Å². The molecule has 0 aliphatic rings. The SMILES string of the molecule is O=S(=O)([O-])CCCl.O=S(=O)([O-])CCCl.[Zn+2]. The summed E-state index contributed by atoms with van der Waals surface area (Å²) in [7, 11) is -8.11. The zero-order valence-electron chi connectivity index (χ0n) is 7.56. The second-order valence-electron chi connectivity index (χ2n) is 1.90. The van der Waals surface area contributed by atoms with E-state index in [0.717, 1.165) is 0 Å². The molecule has 0 aromatic heterocycles. The summed E-state index contributed by atoms with van der Waals surface area (Å²) in [6.07, 6.45) is 0. The standard InChI is InChI=1S/2C2H5ClO3S.Zn/c2*3-1-2-7(4,5)6;/h2*1-2H2,(H,4,5,6);/q;;+2/p-2. The van der Waals surface area contributed by atoms with Crippen molar-refractivity contribution in [1.82, 2.24) is 0 Å². The molecule has 0 bridgehead atoms. The quantitative estimate of drug-likeness (QED) is 0.384. The van der Waals surface area contributed by atoms with Crippen molar-refractivity contribution >= 4 is 43.4 Å². The number of hydrogen-bond donors (Lipinski definition) is 0. The average molecular weight is 353 g/mol. The molecule has 6 nitrogen and oxygen atoms in total. The predicted molar refractivity (Wildman–Crippen MR) is 50.6 cm³/mol. The molecule has 0 heterocycles. The zero-order valence-corrected chi connectivity index (χ0v) is 13.7. The maximum atomic E-state index is 9.59. The number of hydrogen-bond acceptors (Lipinski definition) is 6. The zero-order chi connectivity index (χ0) is 11.8. The van der Waals surface area contributed by atoms with Crippen molar-refractivity contribution in [1.29, 1.82) is 0 Å². The molecule has 0 fully saturated rings.